The number of anilines is 1. The maximum absolute atomic E-state index is 12.1. The molecule has 0 saturated heterocycles. The molecule has 2 aromatic carbocycles. The third-order valence-electron chi connectivity index (χ3n) is 3.01. The Morgan fingerprint density at radius 3 is 2.70 bits per heavy atom. The second kappa shape index (κ2) is 6.74. The van der Waals surface area contributed by atoms with Crippen LogP contribution < -0.4 is 10.1 Å². The number of carbonyl (C=O) groups is 1. The molecule has 2 rings (SSSR count). The number of carbonyl (C=O) groups excluding carboxylic acids is 1. The molecule has 0 radical (unpaired) electrons. The molecule has 0 aliphatic heterocycles. The van der Waals surface area contributed by atoms with Crippen molar-refractivity contribution >= 4 is 34.2 Å². The van der Waals surface area contributed by atoms with E-state index in [4.69, 9.17) is 4.74 Å². The molecule has 4 heteroatoms. The van der Waals surface area contributed by atoms with Gasteiger partial charge in [0.25, 0.3) is 0 Å². The Kier molecular flexibility index (Phi) is 5.00. The van der Waals surface area contributed by atoms with Gasteiger partial charge in [-0.15, -0.1) is 0 Å². The minimum absolute atomic E-state index is 0.0428. The molecule has 0 spiro atoms. The third kappa shape index (κ3) is 3.72. The molecule has 0 aromatic heterocycles. The second-order valence-electron chi connectivity index (χ2n) is 4.50. The van der Waals surface area contributed by atoms with Gasteiger partial charge in [-0.05, 0) is 59.3 Å². The highest BCUT2D eigenvalue weighted by Gasteiger charge is 2.09. The van der Waals surface area contributed by atoms with Gasteiger partial charge in [0.05, 0.1) is 13.5 Å². The lowest BCUT2D eigenvalue weighted by atomic mass is 10.1. The number of benzene rings is 2. The van der Waals surface area contributed by atoms with Crippen molar-refractivity contribution in [1.29, 1.82) is 0 Å². The van der Waals surface area contributed by atoms with E-state index in [1.165, 1.54) is 0 Å². The van der Waals surface area contributed by atoms with Crippen LogP contribution in [-0.4, -0.2) is 13.0 Å². The van der Waals surface area contributed by atoms with Crippen molar-refractivity contribution in [1.82, 2.24) is 0 Å². The zero-order valence-electron chi connectivity index (χ0n) is 11.4. The van der Waals surface area contributed by atoms with E-state index in [2.05, 4.69) is 27.9 Å². The quantitative estimate of drug-likeness (QED) is 0.819. The van der Waals surface area contributed by atoms with Crippen LogP contribution in [0.4, 0.5) is 5.69 Å². The first-order valence-corrected chi connectivity index (χ1v) is 7.36. The predicted molar refractivity (Wildman–Crippen MR) is 89.2 cm³/mol. The first-order valence-electron chi connectivity index (χ1n) is 6.28. The first kappa shape index (κ1) is 14.8. The number of hydrogen-bond donors (Lipinski definition) is 1. The highest BCUT2D eigenvalue weighted by Crippen LogP contribution is 2.20. The number of halogens is 1. The topological polar surface area (TPSA) is 38.3 Å². The Hall–Kier alpha value is -1.56. The Bertz CT molecular complexity index is 626. The fraction of sp³-hybridized carbons (Fsp3) is 0.188. The van der Waals surface area contributed by atoms with Gasteiger partial charge < -0.3 is 10.1 Å². The Labute approximate surface area is 132 Å². The summed E-state index contributed by atoms with van der Waals surface area (Å²) in [6.45, 7) is 1.99. The minimum atomic E-state index is -0.0428. The highest BCUT2D eigenvalue weighted by molar-refractivity contribution is 14.1. The molecule has 0 bridgehead atoms. The van der Waals surface area contributed by atoms with Crippen LogP contribution in [0.5, 0.6) is 5.75 Å². The van der Waals surface area contributed by atoms with E-state index in [0.717, 1.165) is 26.1 Å². The van der Waals surface area contributed by atoms with E-state index < -0.39 is 0 Å². The molecule has 0 unspecified atom stereocenters. The number of rotatable bonds is 4. The summed E-state index contributed by atoms with van der Waals surface area (Å²) in [5.74, 6) is 0.695. The van der Waals surface area contributed by atoms with E-state index >= 15 is 0 Å². The molecule has 104 valence electrons. The van der Waals surface area contributed by atoms with Crippen molar-refractivity contribution < 1.29 is 9.53 Å². The molecular weight excluding hydrogens is 365 g/mol. The lowest BCUT2D eigenvalue weighted by Crippen LogP contribution is -2.15. The summed E-state index contributed by atoms with van der Waals surface area (Å²) < 4.78 is 6.41. The summed E-state index contributed by atoms with van der Waals surface area (Å²) in [6, 6.07) is 13.5. The molecule has 0 aliphatic rings. The number of methoxy groups -OCH3 is 1. The van der Waals surface area contributed by atoms with Crippen LogP contribution in [0.25, 0.3) is 0 Å². The van der Waals surface area contributed by atoms with Gasteiger partial charge in [-0.3, -0.25) is 4.79 Å². The normalized spacial score (nSPS) is 10.2. The summed E-state index contributed by atoms with van der Waals surface area (Å²) in [5.41, 5.74) is 2.80. The van der Waals surface area contributed by atoms with Crippen LogP contribution >= 0.6 is 22.6 Å². The van der Waals surface area contributed by atoms with Crippen molar-refractivity contribution in [3.8, 4) is 5.75 Å². The lowest BCUT2D eigenvalue weighted by Gasteiger charge is -2.10. The summed E-state index contributed by atoms with van der Waals surface area (Å²) in [4.78, 5) is 12.1. The molecule has 0 saturated carbocycles. The standard InChI is InChI=1S/C16H16INO2/c1-11-9-13(17)7-8-14(11)18-16(19)10-12-5-3-4-6-15(12)20-2/h3-9H,10H2,1-2H3,(H,18,19). The first-order chi connectivity index (χ1) is 9.60. The molecule has 1 amide bonds. The summed E-state index contributed by atoms with van der Waals surface area (Å²) in [5, 5.41) is 2.94. The van der Waals surface area contributed by atoms with E-state index in [1.807, 2.05) is 49.4 Å². The van der Waals surface area contributed by atoms with Crippen LogP contribution in [0.3, 0.4) is 0 Å². The molecule has 3 nitrogen and oxygen atoms in total. The number of ether oxygens (including phenoxy) is 1. The van der Waals surface area contributed by atoms with Gasteiger partial charge in [0.15, 0.2) is 0 Å². The molecular formula is C16H16INO2. The van der Waals surface area contributed by atoms with E-state index in [1.54, 1.807) is 7.11 Å². The van der Waals surface area contributed by atoms with Crippen molar-refractivity contribution in [3.05, 3.63) is 57.2 Å². The monoisotopic (exact) mass is 381 g/mol. The van der Waals surface area contributed by atoms with Crippen LogP contribution in [-0.2, 0) is 11.2 Å². The number of para-hydroxylation sites is 1. The summed E-state index contributed by atoms with van der Waals surface area (Å²) in [6.07, 6.45) is 0.301. The molecule has 2 aromatic rings. The molecule has 1 N–H and O–H groups in total. The van der Waals surface area contributed by atoms with E-state index in [9.17, 15) is 4.79 Å². The molecule has 0 fully saturated rings. The number of aryl methyl sites for hydroxylation is 1. The minimum Gasteiger partial charge on any atom is -0.496 e. The maximum Gasteiger partial charge on any atom is 0.228 e. The second-order valence-corrected chi connectivity index (χ2v) is 5.74. The zero-order valence-corrected chi connectivity index (χ0v) is 13.6. The largest absolute Gasteiger partial charge is 0.496 e. The molecule has 0 atom stereocenters. The van der Waals surface area contributed by atoms with Crippen LogP contribution in [0.15, 0.2) is 42.5 Å². The SMILES string of the molecule is COc1ccccc1CC(=O)Nc1ccc(I)cc1C. The van der Waals surface area contributed by atoms with Crippen molar-refractivity contribution in [2.75, 3.05) is 12.4 Å². The molecule has 20 heavy (non-hydrogen) atoms. The van der Waals surface area contributed by atoms with Crippen LogP contribution in [0.1, 0.15) is 11.1 Å². The summed E-state index contributed by atoms with van der Waals surface area (Å²) >= 11 is 2.25. The van der Waals surface area contributed by atoms with Gasteiger partial charge in [0.2, 0.25) is 5.91 Å². The van der Waals surface area contributed by atoms with Gasteiger partial charge >= 0.3 is 0 Å². The number of hydrogen-bond acceptors (Lipinski definition) is 2. The van der Waals surface area contributed by atoms with Gasteiger partial charge in [-0.25, -0.2) is 0 Å². The fourth-order valence-electron chi connectivity index (χ4n) is 1.98. The highest BCUT2D eigenvalue weighted by atomic mass is 127. The smallest absolute Gasteiger partial charge is 0.228 e. The van der Waals surface area contributed by atoms with Crippen molar-refractivity contribution in [2.45, 2.75) is 13.3 Å². The van der Waals surface area contributed by atoms with Crippen molar-refractivity contribution in [2.24, 2.45) is 0 Å². The van der Waals surface area contributed by atoms with Crippen LogP contribution in [0, 0.1) is 10.5 Å². The Balaban J connectivity index is 2.09. The van der Waals surface area contributed by atoms with Gasteiger partial charge in [0.1, 0.15) is 5.75 Å². The molecule has 0 heterocycles. The fourth-order valence-corrected chi connectivity index (χ4v) is 2.63. The predicted octanol–water partition coefficient (Wildman–Crippen LogP) is 3.79. The maximum atomic E-state index is 12.1. The summed E-state index contributed by atoms with van der Waals surface area (Å²) in [7, 11) is 1.61. The van der Waals surface area contributed by atoms with Crippen molar-refractivity contribution in [3.63, 3.8) is 0 Å². The van der Waals surface area contributed by atoms with Crippen LogP contribution in [0.2, 0.25) is 0 Å². The average molecular weight is 381 g/mol. The lowest BCUT2D eigenvalue weighted by molar-refractivity contribution is -0.115. The molecule has 0 aliphatic carbocycles. The van der Waals surface area contributed by atoms with Gasteiger partial charge in [-0.1, -0.05) is 18.2 Å². The zero-order chi connectivity index (χ0) is 14.5. The third-order valence-corrected chi connectivity index (χ3v) is 3.68. The van der Waals surface area contributed by atoms with E-state index in [0.29, 0.717) is 6.42 Å². The van der Waals surface area contributed by atoms with Gasteiger partial charge in [-0.2, -0.15) is 0 Å². The number of amides is 1. The van der Waals surface area contributed by atoms with Gasteiger partial charge in [0, 0.05) is 14.8 Å². The Morgan fingerprint density at radius 1 is 1.25 bits per heavy atom. The number of nitrogens with one attached hydrogen (secondary N) is 1. The van der Waals surface area contributed by atoms with E-state index in [-0.39, 0.29) is 5.91 Å². The Morgan fingerprint density at radius 2 is 2.00 bits per heavy atom. The average Bonchev–Trinajstić information content (AvgIpc) is 2.42.